The van der Waals surface area contributed by atoms with Gasteiger partial charge in [0.2, 0.25) is 0 Å². The highest BCUT2D eigenvalue weighted by atomic mass is 79.9. The van der Waals surface area contributed by atoms with Gasteiger partial charge in [-0.05, 0) is 52.2 Å². The van der Waals surface area contributed by atoms with Crippen molar-refractivity contribution in [2.45, 2.75) is 18.9 Å². The molecular formula is C23H18BrN3. The van der Waals surface area contributed by atoms with Crippen molar-refractivity contribution in [3.8, 4) is 6.07 Å². The zero-order chi connectivity index (χ0) is 18.6. The molecule has 1 atom stereocenters. The molecule has 1 aliphatic carbocycles. The van der Waals surface area contributed by atoms with Crippen LogP contribution in [-0.4, -0.2) is 5.84 Å². The zero-order valence-corrected chi connectivity index (χ0v) is 16.3. The summed E-state index contributed by atoms with van der Waals surface area (Å²) in [5.74, 6) is 0.903. The number of halogens is 1. The van der Waals surface area contributed by atoms with Crippen molar-refractivity contribution in [3.63, 3.8) is 0 Å². The lowest BCUT2D eigenvalue weighted by atomic mass is 9.97. The summed E-state index contributed by atoms with van der Waals surface area (Å²) < 4.78 is 1.21. The standard InChI is InChI=1S/C23H18BrN3/c24-20-11-9-18(10-12-20)23-26-21(17-6-2-1-3-7-17)14-22(27-23)19-8-4-5-16(13-19)15-25/h1-9,11,13-14,22H,10,12H2,(H,26,27). The quantitative estimate of drug-likeness (QED) is 0.704. The van der Waals surface area contributed by atoms with Gasteiger partial charge in [0.05, 0.1) is 17.7 Å². The molecule has 0 saturated heterocycles. The van der Waals surface area contributed by atoms with Crippen LogP contribution in [0.4, 0.5) is 0 Å². The Morgan fingerprint density at radius 3 is 2.63 bits per heavy atom. The maximum absolute atomic E-state index is 9.24. The Bertz CT molecular complexity index is 1020. The first kappa shape index (κ1) is 17.5. The topological polar surface area (TPSA) is 48.2 Å². The van der Waals surface area contributed by atoms with Crippen molar-refractivity contribution in [1.29, 1.82) is 5.26 Å². The Labute approximate surface area is 167 Å². The number of rotatable bonds is 3. The molecule has 0 aromatic heterocycles. The van der Waals surface area contributed by atoms with Gasteiger partial charge in [-0.1, -0.05) is 70.5 Å². The Morgan fingerprint density at radius 1 is 1.04 bits per heavy atom. The van der Waals surface area contributed by atoms with Crippen molar-refractivity contribution < 1.29 is 0 Å². The highest BCUT2D eigenvalue weighted by Gasteiger charge is 2.21. The molecule has 4 rings (SSSR count). The number of amidine groups is 1. The summed E-state index contributed by atoms with van der Waals surface area (Å²) in [6.07, 6.45) is 8.26. The lowest BCUT2D eigenvalue weighted by Crippen LogP contribution is -2.28. The van der Waals surface area contributed by atoms with Gasteiger partial charge in [-0.25, -0.2) is 0 Å². The average Bonchev–Trinajstić information content (AvgIpc) is 2.74. The van der Waals surface area contributed by atoms with Crippen molar-refractivity contribution >= 4 is 27.5 Å². The van der Waals surface area contributed by atoms with Crippen LogP contribution in [0.15, 0.2) is 87.9 Å². The van der Waals surface area contributed by atoms with Gasteiger partial charge >= 0.3 is 0 Å². The van der Waals surface area contributed by atoms with Gasteiger partial charge in [0.15, 0.2) is 0 Å². The number of benzene rings is 2. The summed E-state index contributed by atoms with van der Waals surface area (Å²) in [7, 11) is 0. The maximum atomic E-state index is 9.24. The molecule has 0 bridgehead atoms. The first-order chi connectivity index (χ1) is 13.2. The fourth-order valence-electron chi connectivity index (χ4n) is 3.26. The zero-order valence-electron chi connectivity index (χ0n) is 14.7. The van der Waals surface area contributed by atoms with Crippen LogP contribution in [0.2, 0.25) is 0 Å². The molecule has 0 saturated carbocycles. The molecule has 1 N–H and O–H groups in total. The second kappa shape index (κ2) is 7.77. The van der Waals surface area contributed by atoms with E-state index in [1.54, 1.807) is 0 Å². The molecule has 1 heterocycles. The molecular weight excluding hydrogens is 398 g/mol. The van der Waals surface area contributed by atoms with E-state index in [1.165, 1.54) is 10.1 Å². The van der Waals surface area contributed by atoms with Crippen LogP contribution >= 0.6 is 15.9 Å². The number of hydrogen-bond acceptors (Lipinski definition) is 3. The number of nitrogens with one attached hydrogen (secondary N) is 1. The van der Waals surface area contributed by atoms with Gasteiger partial charge in [0.1, 0.15) is 5.84 Å². The molecule has 2 aliphatic rings. The van der Waals surface area contributed by atoms with E-state index in [9.17, 15) is 5.26 Å². The second-order valence-corrected chi connectivity index (χ2v) is 7.56. The third-order valence-electron chi connectivity index (χ3n) is 4.69. The molecule has 1 aliphatic heterocycles. The van der Waals surface area contributed by atoms with E-state index in [0.717, 1.165) is 35.5 Å². The minimum Gasteiger partial charge on any atom is -0.340 e. The molecule has 0 fully saturated rings. The van der Waals surface area contributed by atoms with Crippen LogP contribution < -0.4 is 5.32 Å². The number of allylic oxidation sites excluding steroid dienone is 3. The molecule has 27 heavy (non-hydrogen) atoms. The van der Waals surface area contributed by atoms with Crippen LogP contribution in [0, 0.1) is 11.3 Å². The molecule has 1 unspecified atom stereocenters. The largest absolute Gasteiger partial charge is 0.340 e. The van der Waals surface area contributed by atoms with E-state index in [0.29, 0.717) is 5.56 Å². The Balaban J connectivity index is 1.77. The summed E-state index contributed by atoms with van der Waals surface area (Å²) in [6.45, 7) is 0. The van der Waals surface area contributed by atoms with E-state index in [2.05, 4.69) is 57.7 Å². The predicted molar refractivity (Wildman–Crippen MR) is 113 cm³/mol. The average molecular weight is 416 g/mol. The van der Waals surface area contributed by atoms with Crippen LogP contribution in [0.5, 0.6) is 0 Å². The summed E-state index contributed by atoms with van der Waals surface area (Å²) in [5, 5.41) is 12.8. The molecule has 132 valence electrons. The van der Waals surface area contributed by atoms with Crippen molar-refractivity contribution in [1.82, 2.24) is 5.32 Å². The maximum Gasteiger partial charge on any atom is 0.129 e. The molecule has 2 aromatic carbocycles. The number of nitriles is 1. The van der Waals surface area contributed by atoms with Crippen LogP contribution in [0.1, 0.15) is 35.6 Å². The number of aliphatic imine (C=N–C) groups is 1. The van der Waals surface area contributed by atoms with Gasteiger partial charge in [0, 0.05) is 5.70 Å². The van der Waals surface area contributed by atoms with E-state index < -0.39 is 0 Å². The lowest BCUT2D eigenvalue weighted by molar-refractivity contribution is 0.867. The minimum atomic E-state index is -0.125. The van der Waals surface area contributed by atoms with Gasteiger partial charge in [0.25, 0.3) is 0 Å². The van der Waals surface area contributed by atoms with Crippen molar-refractivity contribution in [2.24, 2.45) is 4.99 Å². The third-order valence-corrected chi connectivity index (χ3v) is 5.35. The van der Waals surface area contributed by atoms with E-state index in [-0.39, 0.29) is 6.04 Å². The first-order valence-electron chi connectivity index (χ1n) is 8.90. The number of hydrogen-bond donors (Lipinski definition) is 1. The van der Waals surface area contributed by atoms with Gasteiger partial charge in [-0.15, -0.1) is 0 Å². The summed E-state index contributed by atoms with van der Waals surface area (Å²) >= 11 is 3.57. The highest BCUT2D eigenvalue weighted by Crippen LogP contribution is 2.31. The second-order valence-electron chi connectivity index (χ2n) is 6.54. The summed E-state index contributed by atoms with van der Waals surface area (Å²) in [6, 6.07) is 20.1. The van der Waals surface area contributed by atoms with Crippen LogP contribution in [-0.2, 0) is 0 Å². The Kier molecular flexibility index (Phi) is 5.04. The fourth-order valence-corrected chi connectivity index (χ4v) is 3.59. The Hall–Kier alpha value is -2.90. The smallest absolute Gasteiger partial charge is 0.129 e. The molecule has 0 amide bonds. The van der Waals surface area contributed by atoms with E-state index in [4.69, 9.17) is 4.99 Å². The van der Waals surface area contributed by atoms with Crippen molar-refractivity contribution in [2.75, 3.05) is 0 Å². The SMILES string of the molecule is N#Cc1cccc(C2C=C(c3ccccc3)NC(C3=CC=C(Br)CC3)=N2)c1. The highest BCUT2D eigenvalue weighted by molar-refractivity contribution is 9.11. The predicted octanol–water partition coefficient (Wildman–Crippen LogP) is 5.64. The molecule has 4 heteroatoms. The molecule has 3 nitrogen and oxygen atoms in total. The Morgan fingerprint density at radius 2 is 1.89 bits per heavy atom. The van der Waals surface area contributed by atoms with E-state index in [1.807, 2.05) is 42.5 Å². The fraction of sp³-hybridized carbons (Fsp3) is 0.130. The van der Waals surface area contributed by atoms with Gasteiger partial charge in [-0.2, -0.15) is 5.26 Å². The summed E-state index contributed by atoms with van der Waals surface area (Å²) in [4.78, 5) is 4.96. The molecule has 0 radical (unpaired) electrons. The lowest BCUT2D eigenvalue weighted by Gasteiger charge is -2.25. The van der Waals surface area contributed by atoms with Gasteiger partial charge in [-0.3, -0.25) is 4.99 Å². The molecule has 2 aromatic rings. The molecule has 0 spiro atoms. The monoisotopic (exact) mass is 415 g/mol. The normalized spacial score (nSPS) is 19.0. The third kappa shape index (κ3) is 3.94. The minimum absolute atomic E-state index is 0.125. The summed E-state index contributed by atoms with van der Waals surface area (Å²) in [5.41, 5.74) is 5.04. The van der Waals surface area contributed by atoms with Gasteiger partial charge < -0.3 is 5.32 Å². The van der Waals surface area contributed by atoms with Crippen molar-refractivity contribution in [3.05, 3.63) is 99.6 Å². The van der Waals surface area contributed by atoms with E-state index >= 15 is 0 Å². The van der Waals surface area contributed by atoms with Crippen LogP contribution in [0.25, 0.3) is 5.70 Å². The first-order valence-corrected chi connectivity index (χ1v) is 9.70. The number of nitrogens with zero attached hydrogens (tertiary/aromatic N) is 2. The van der Waals surface area contributed by atoms with Crippen LogP contribution in [0.3, 0.4) is 0 Å².